The van der Waals surface area contributed by atoms with Crippen LogP contribution in [-0.4, -0.2) is 52.1 Å². The molecular formula is C21H33N3O3. The molecule has 1 aliphatic heterocycles. The van der Waals surface area contributed by atoms with Crippen LogP contribution in [0.3, 0.4) is 0 Å². The Morgan fingerprint density at radius 3 is 2.74 bits per heavy atom. The van der Waals surface area contributed by atoms with Crippen molar-refractivity contribution in [2.75, 3.05) is 40.0 Å². The van der Waals surface area contributed by atoms with Gasteiger partial charge in [0.15, 0.2) is 5.96 Å². The molecule has 27 heavy (non-hydrogen) atoms. The summed E-state index contributed by atoms with van der Waals surface area (Å²) >= 11 is 0. The van der Waals surface area contributed by atoms with E-state index in [-0.39, 0.29) is 0 Å². The van der Waals surface area contributed by atoms with E-state index in [4.69, 9.17) is 14.2 Å². The van der Waals surface area contributed by atoms with E-state index < -0.39 is 0 Å². The molecule has 1 aliphatic carbocycles. The van der Waals surface area contributed by atoms with E-state index in [0.29, 0.717) is 12.6 Å². The molecule has 0 amide bonds. The van der Waals surface area contributed by atoms with Gasteiger partial charge in [0.1, 0.15) is 5.75 Å². The topological polar surface area (TPSA) is 64.1 Å². The van der Waals surface area contributed by atoms with Gasteiger partial charge in [-0.05, 0) is 44.1 Å². The normalized spacial score (nSPS) is 18.3. The average Bonchev–Trinajstić information content (AvgIpc) is 3.54. The van der Waals surface area contributed by atoms with E-state index in [1.165, 1.54) is 12.8 Å². The number of benzene rings is 1. The van der Waals surface area contributed by atoms with Gasteiger partial charge in [0.25, 0.3) is 0 Å². The lowest BCUT2D eigenvalue weighted by Crippen LogP contribution is -2.37. The number of nitrogens with one attached hydrogen (secondary N) is 2. The van der Waals surface area contributed by atoms with Gasteiger partial charge in [0, 0.05) is 45.5 Å². The van der Waals surface area contributed by atoms with Crippen LogP contribution in [-0.2, 0) is 16.0 Å². The first-order valence-corrected chi connectivity index (χ1v) is 10.2. The molecule has 6 nitrogen and oxygen atoms in total. The highest BCUT2D eigenvalue weighted by Gasteiger charge is 2.22. The number of nitrogens with zero attached hydrogens (tertiary/aromatic N) is 1. The van der Waals surface area contributed by atoms with Crippen molar-refractivity contribution in [2.45, 2.75) is 44.8 Å². The van der Waals surface area contributed by atoms with Crippen LogP contribution in [0.5, 0.6) is 5.75 Å². The lowest BCUT2D eigenvalue weighted by atomic mass is 10.1. The van der Waals surface area contributed by atoms with Crippen molar-refractivity contribution in [2.24, 2.45) is 10.9 Å². The fourth-order valence-corrected chi connectivity index (χ4v) is 3.05. The summed E-state index contributed by atoms with van der Waals surface area (Å²) in [7, 11) is 1.79. The molecule has 3 rings (SSSR count). The smallest absolute Gasteiger partial charge is 0.191 e. The number of hydrogen-bond donors (Lipinski definition) is 2. The van der Waals surface area contributed by atoms with Gasteiger partial charge in [-0.2, -0.15) is 0 Å². The Kier molecular flexibility index (Phi) is 8.24. The Hall–Kier alpha value is -1.79. The molecule has 0 aromatic heterocycles. The van der Waals surface area contributed by atoms with Crippen molar-refractivity contribution in [3.05, 3.63) is 29.8 Å². The van der Waals surface area contributed by atoms with Crippen molar-refractivity contribution in [1.29, 1.82) is 0 Å². The molecule has 0 unspecified atom stereocenters. The lowest BCUT2D eigenvalue weighted by molar-refractivity contribution is -0.0320. The summed E-state index contributed by atoms with van der Waals surface area (Å²) in [6.07, 6.45) is 5.95. The number of aliphatic imine (C=N–C) groups is 1. The first-order chi connectivity index (χ1) is 13.3. The highest BCUT2D eigenvalue weighted by Crippen LogP contribution is 2.30. The zero-order chi connectivity index (χ0) is 18.7. The zero-order valence-corrected chi connectivity index (χ0v) is 16.4. The molecule has 2 N–H and O–H groups in total. The van der Waals surface area contributed by atoms with Crippen LogP contribution >= 0.6 is 0 Å². The van der Waals surface area contributed by atoms with Crippen LogP contribution in [0.25, 0.3) is 0 Å². The molecular weight excluding hydrogens is 342 g/mol. The van der Waals surface area contributed by atoms with Gasteiger partial charge >= 0.3 is 0 Å². The van der Waals surface area contributed by atoms with Gasteiger partial charge in [-0.15, -0.1) is 0 Å². The lowest BCUT2D eigenvalue weighted by Gasteiger charge is -2.22. The third-order valence-corrected chi connectivity index (χ3v) is 4.95. The fourth-order valence-electron chi connectivity index (χ4n) is 3.05. The van der Waals surface area contributed by atoms with E-state index in [9.17, 15) is 0 Å². The fraction of sp³-hybridized carbons (Fsp3) is 0.667. The summed E-state index contributed by atoms with van der Waals surface area (Å²) in [5, 5.41) is 6.72. The Bertz CT molecular complexity index is 584. The number of rotatable bonds is 10. The Morgan fingerprint density at radius 2 is 1.96 bits per heavy atom. The minimum absolute atomic E-state index is 0.364. The minimum atomic E-state index is 0.364. The van der Waals surface area contributed by atoms with Crippen LogP contribution in [0.15, 0.2) is 29.3 Å². The van der Waals surface area contributed by atoms with Crippen molar-refractivity contribution >= 4 is 5.96 Å². The van der Waals surface area contributed by atoms with E-state index in [2.05, 4.69) is 21.7 Å². The summed E-state index contributed by atoms with van der Waals surface area (Å²) in [5.74, 6) is 2.53. The predicted octanol–water partition coefficient (Wildman–Crippen LogP) is 2.73. The first-order valence-electron chi connectivity index (χ1n) is 10.2. The SMILES string of the molecule is CN=C(NCCCOC1CCOCC1)NCc1ccccc1OCC1CC1. The number of para-hydroxylation sites is 1. The maximum Gasteiger partial charge on any atom is 0.191 e. The molecule has 0 spiro atoms. The largest absolute Gasteiger partial charge is 0.493 e. The second-order valence-corrected chi connectivity index (χ2v) is 7.25. The summed E-state index contributed by atoms with van der Waals surface area (Å²) in [6.45, 7) is 4.78. The second kappa shape index (κ2) is 11.1. The Labute approximate surface area is 162 Å². The van der Waals surface area contributed by atoms with Crippen LogP contribution < -0.4 is 15.4 Å². The monoisotopic (exact) mass is 375 g/mol. The third-order valence-electron chi connectivity index (χ3n) is 4.95. The molecule has 150 valence electrons. The molecule has 0 radical (unpaired) electrons. The summed E-state index contributed by atoms with van der Waals surface area (Å²) < 4.78 is 17.2. The molecule has 1 aromatic carbocycles. The summed E-state index contributed by atoms with van der Waals surface area (Å²) in [5.41, 5.74) is 1.16. The summed E-state index contributed by atoms with van der Waals surface area (Å²) in [4.78, 5) is 4.30. The molecule has 2 fully saturated rings. The Balaban J connectivity index is 1.32. The molecule has 0 atom stereocenters. The van der Waals surface area contributed by atoms with Crippen molar-refractivity contribution in [3.63, 3.8) is 0 Å². The van der Waals surface area contributed by atoms with Gasteiger partial charge < -0.3 is 24.8 Å². The predicted molar refractivity (Wildman–Crippen MR) is 107 cm³/mol. The minimum Gasteiger partial charge on any atom is -0.493 e. The standard InChI is InChI=1S/C21H33N3O3/c1-22-21(23-11-4-12-26-19-9-13-25-14-10-19)24-15-18-5-2-3-6-20(18)27-16-17-7-8-17/h2-3,5-6,17,19H,4,7-16H2,1H3,(H2,22,23,24). The second-order valence-electron chi connectivity index (χ2n) is 7.25. The molecule has 6 heteroatoms. The van der Waals surface area contributed by atoms with Gasteiger partial charge in [-0.25, -0.2) is 0 Å². The first kappa shape index (κ1) is 20.0. The third kappa shape index (κ3) is 7.39. The van der Waals surface area contributed by atoms with Crippen molar-refractivity contribution < 1.29 is 14.2 Å². The quantitative estimate of drug-likeness (QED) is 0.374. The maximum atomic E-state index is 5.97. The molecule has 1 heterocycles. The van der Waals surface area contributed by atoms with Crippen molar-refractivity contribution in [3.8, 4) is 5.75 Å². The highest BCUT2D eigenvalue weighted by molar-refractivity contribution is 5.79. The van der Waals surface area contributed by atoms with Crippen molar-refractivity contribution in [1.82, 2.24) is 10.6 Å². The number of ether oxygens (including phenoxy) is 3. The summed E-state index contributed by atoms with van der Waals surface area (Å²) in [6, 6.07) is 8.22. The molecule has 0 bridgehead atoms. The van der Waals surface area contributed by atoms with Crippen LogP contribution in [0.1, 0.15) is 37.7 Å². The molecule has 1 saturated carbocycles. The number of hydrogen-bond acceptors (Lipinski definition) is 4. The van der Waals surface area contributed by atoms with Gasteiger partial charge in [-0.3, -0.25) is 4.99 Å². The van der Waals surface area contributed by atoms with Gasteiger partial charge in [0.05, 0.1) is 12.7 Å². The zero-order valence-electron chi connectivity index (χ0n) is 16.4. The molecule has 1 aromatic rings. The van der Waals surface area contributed by atoms with Gasteiger partial charge in [-0.1, -0.05) is 18.2 Å². The highest BCUT2D eigenvalue weighted by atomic mass is 16.5. The number of guanidine groups is 1. The van der Waals surface area contributed by atoms with E-state index in [1.54, 1.807) is 7.05 Å². The maximum absolute atomic E-state index is 5.97. The molecule has 1 saturated heterocycles. The Morgan fingerprint density at radius 1 is 1.15 bits per heavy atom. The van der Waals surface area contributed by atoms with Crippen LogP contribution in [0, 0.1) is 5.92 Å². The van der Waals surface area contributed by atoms with E-state index in [0.717, 1.165) is 75.4 Å². The van der Waals surface area contributed by atoms with Crippen LogP contribution in [0.4, 0.5) is 0 Å². The van der Waals surface area contributed by atoms with Gasteiger partial charge in [0.2, 0.25) is 0 Å². The van der Waals surface area contributed by atoms with Crippen LogP contribution in [0.2, 0.25) is 0 Å². The average molecular weight is 376 g/mol. The van der Waals surface area contributed by atoms with E-state index >= 15 is 0 Å². The van der Waals surface area contributed by atoms with E-state index in [1.807, 2.05) is 18.2 Å². The molecule has 2 aliphatic rings.